The van der Waals surface area contributed by atoms with E-state index in [1.54, 1.807) is 0 Å². The van der Waals surface area contributed by atoms with Gasteiger partial charge in [-0.3, -0.25) is 0 Å². The van der Waals surface area contributed by atoms with E-state index in [4.69, 9.17) is 4.42 Å². The highest BCUT2D eigenvalue weighted by atomic mass is 16.3. The zero-order chi connectivity index (χ0) is 34.1. The van der Waals surface area contributed by atoms with Crippen LogP contribution < -0.4 is 4.90 Å². The maximum Gasteiger partial charge on any atom is 0.143 e. The summed E-state index contributed by atoms with van der Waals surface area (Å²) in [6.07, 6.45) is 0. The molecule has 242 valence electrons. The van der Waals surface area contributed by atoms with Crippen LogP contribution >= 0.6 is 0 Å². The van der Waals surface area contributed by atoms with Gasteiger partial charge in [-0.25, -0.2) is 0 Å². The first-order chi connectivity index (χ1) is 25.1. The van der Waals surface area contributed by atoms with E-state index >= 15 is 0 Å². The minimum Gasteiger partial charge on any atom is -0.455 e. The van der Waals surface area contributed by atoms with E-state index in [-0.39, 0.29) is 5.41 Å². The van der Waals surface area contributed by atoms with Crippen molar-refractivity contribution in [2.24, 2.45) is 0 Å². The zero-order valence-corrected chi connectivity index (χ0v) is 28.6. The second kappa shape index (κ2) is 11.3. The molecule has 0 amide bonds. The van der Waals surface area contributed by atoms with Gasteiger partial charge >= 0.3 is 0 Å². The first-order valence-corrected chi connectivity index (χ1v) is 17.7. The van der Waals surface area contributed by atoms with Gasteiger partial charge in [0.2, 0.25) is 0 Å². The van der Waals surface area contributed by atoms with E-state index in [0.717, 1.165) is 50.1 Å². The second-order valence-corrected chi connectivity index (χ2v) is 14.1. The Bertz CT molecular complexity index is 2760. The van der Waals surface area contributed by atoms with E-state index in [1.807, 2.05) is 12.1 Å². The van der Waals surface area contributed by atoms with Crippen LogP contribution in [0.25, 0.3) is 66.1 Å². The van der Waals surface area contributed by atoms with Crippen LogP contribution in [0.4, 0.5) is 17.1 Å². The highest BCUT2D eigenvalue weighted by molar-refractivity contribution is 6.09. The molecule has 9 aromatic rings. The molecule has 1 aromatic heterocycles. The second-order valence-electron chi connectivity index (χ2n) is 14.1. The van der Waals surface area contributed by atoms with Crippen molar-refractivity contribution >= 4 is 49.8 Å². The predicted molar refractivity (Wildman–Crippen MR) is 214 cm³/mol. The largest absolute Gasteiger partial charge is 0.455 e. The van der Waals surface area contributed by atoms with Crippen molar-refractivity contribution in [1.29, 1.82) is 0 Å². The number of hydrogen-bond donors (Lipinski definition) is 0. The number of nitrogens with zero attached hydrogens (tertiary/aromatic N) is 1. The predicted octanol–water partition coefficient (Wildman–Crippen LogP) is 13.8. The summed E-state index contributed by atoms with van der Waals surface area (Å²) in [5, 5.41) is 4.71. The Morgan fingerprint density at radius 3 is 1.78 bits per heavy atom. The highest BCUT2D eigenvalue weighted by Crippen LogP contribution is 2.52. The lowest BCUT2D eigenvalue weighted by Gasteiger charge is -2.27. The number of fused-ring (bicyclic) bond motifs is 7. The van der Waals surface area contributed by atoms with Crippen LogP contribution in [-0.2, 0) is 5.41 Å². The minimum absolute atomic E-state index is 0.0326. The number of para-hydroxylation sites is 2. The van der Waals surface area contributed by atoms with Gasteiger partial charge in [-0.2, -0.15) is 0 Å². The Kier molecular flexibility index (Phi) is 6.56. The van der Waals surface area contributed by atoms with E-state index in [9.17, 15) is 0 Å². The molecule has 10 rings (SSSR count). The standard InChI is InChI=1S/C49H35NO/c1-49(2)43-20-7-5-16-42(43)47-38(17-11-21-44(47)49)33-24-28-35(29-25-33)50(45-22-9-13-32-12-3-4-14-37(32)45)36-30-26-34(27-31-36)39-18-10-19-41-40-15-6-8-23-46(40)51-48(39)41/h3-31H,1-2H3. The van der Waals surface area contributed by atoms with Crippen LogP contribution in [0.1, 0.15) is 25.0 Å². The maximum absolute atomic E-state index is 6.40. The Labute approximate surface area is 297 Å². The molecule has 0 radical (unpaired) electrons. The lowest BCUT2D eigenvalue weighted by molar-refractivity contribution is 0.660. The topological polar surface area (TPSA) is 16.4 Å². The zero-order valence-electron chi connectivity index (χ0n) is 28.6. The molecule has 2 heteroatoms. The molecule has 8 aromatic carbocycles. The summed E-state index contributed by atoms with van der Waals surface area (Å²) in [5.74, 6) is 0. The van der Waals surface area contributed by atoms with Gasteiger partial charge in [0.25, 0.3) is 0 Å². The van der Waals surface area contributed by atoms with E-state index in [0.29, 0.717) is 0 Å². The number of hydrogen-bond acceptors (Lipinski definition) is 2. The summed E-state index contributed by atoms with van der Waals surface area (Å²) in [6.45, 7) is 4.68. The van der Waals surface area contributed by atoms with Crippen molar-refractivity contribution in [1.82, 2.24) is 0 Å². The molecule has 0 atom stereocenters. The molecule has 2 nitrogen and oxygen atoms in total. The third-order valence-electron chi connectivity index (χ3n) is 10.9. The van der Waals surface area contributed by atoms with E-state index in [2.05, 4.69) is 183 Å². The van der Waals surface area contributed by atoms with Crippen molar-refractivity contribution in [3.8, 4) is 33.4 Å². The fourth-order valence-corrected chi connectivity index (χ4v) is 8.38. The molecule has 1 heterocycles. The quantitative estimate of drug-likeness (QED) is 0.184. The molecule has 0 unspecified atom stereocenters. The third-order valence-corrected chi connectivity index (χ3v) is 10.9. The smallest absolute Gasteiger partial charge is 0.143 e. The van der Waals surface area contributed by atoms with Gasteiger partial charge < -0.3 is 9.32 Å². The van der Waals surface area contributed by atoms with E-state index < -0.39 is 0 Å². The van der Waals surface area contributed by atoms with Gasteiger partial charge in [-0.05, 0) is 80.7 Å². The van der Waals surface area contributed by atoms with Crippen LogP contribution in [0.5, 0.6) is 0 Å². The summed E-state index contributed by atoms with van der Waals surface area (Å²) < 4.78 is 6.40. The summed E-state index contributed by atoms with van der Waals surface area (Å²) in [6, 6.07) is 63.6. The molecular formula is C49H35NO. The Morgan fingerprint density at radius 1 is 0.431 bits per heavy atom. The monoisotopic (exact) mass is 653 g/mol. The average molecular weight is 654 g/mol. The summed E-state index contributed by atoms with van der Waals surface area (Å²) in [7, 11) is 0. The summed E-state index contributed by atoms with van der Waals surface area (Å²) in [4.78, 5) is 2.38. The fourth-order valence-electron chi connectivity index (χ4n) is 8.38. The SMILES string of the molecule is CC1(C)c2ccccc2-c2c(-c3ccc(N(c4ccc(-c5cccc6c5oc5ccccc56)cc4)c4cccc5ccccc45)cc3)cccc21. The van der Waals surface area contributed by atoms with Gasteiger partial charge in [-0.15, -0.1) is 0 Å². The van der Waals surface area contributed by atoms with Gasteiger partial charge in [0, 0.05) is 38.5 Å². The molecule has 0 saturated carbocycles. The van der Waals surface area contributed by atoms with Crippen molar-refractivity contribution in [3.05, 3.63) is 187 Å². The van der Waals surface area contributed by atoms with Crippen LogP contribution in [0.15, 0.2) is 180 Å². The number of benzene rings is 8. The van der Waals surface area contributed by atoms with Crippen LogP contribution in [0.2, 0.25) is 0 Å². The van der Waals surface area contributed by atoms with Gasteiger partial charge in [0.15, 0.2) is 0 Å². The van der Waals surface area contributed by atoms with Gasteiger partial charge in [0.05, 0.1) is 5.69 Å². The van der Waals surface area contributed by atoms with Crippen LogP contribution in [0, 0.1) is 0 Å². The number of rotatable bonds is 5. The van der Waals surface area contributed by atoms with Crippen molar-refractivity contribution < 1.29 is 4.42 Å². The molecular weight excluding hydrogens is 619 g/mol. The Morgan fingerprint density at radius 2 is 0.980 bits per heavy atom. The Hall–Kier alpha value is -6.38. The molecule has 0 N–H and O–H groups in total. The molecule has 0 fully saturated rings. The van der Waals surface area contributed by atoms with Gasteiger partial charge in [0.1, 0.15) is 11.2 Å². The average Bonchev–Trinajstić information content (AvgIpc) is 3.68. The first-order valence-electron chi connectivity index (χ1n) is 17.7. The third kappa shape index (κ3) is 4.57. The van der Waals surface area contributed by atoms with Gasteiger partial charge in [-0.1, -0.05) is 153 Å². The highest BCUT2D eigenvalue weighted by Gasteiger charge is 2.36. The molecule has 0 saturated heterocycles. The molecule has 51 heavy (non-hydrogen) atoms. The number of furan rings is 1. The number of anilines is 3. The first kappa shape index (κ1) is 29.5. The lowest BCUT2D eigenvalue weighted by Crippen LogP contribution is -2.14. The van der Waals surface area contributed by atoms with Crippen LogP contribution in [-0.4, -0.2) is 0 Å². The molecule has 1 aliphatic carbocycles. The molecule has 0 spiro atoms. The van der Waals surface area contributed by atoms with Crippen molar-refractivity contribution in [3.63, 3.8) is 0 Å². The van der Waals surface area contributed by atoms with E-state index in [1.165, 1.54) is 44.2 Å². The minimum atomic E-state index is -0.0326. The van der Waals surface area contributed by atoms with Crippen LogP contribution in [0.3, 0.4) is 0 Å². The maximum atomic E-state index is 6.40. The summed E-state index contributed by atoms with van der Waals surface area (Å²) >= 11 is 0. The molecule has 0 bridgehead atoms. The fraction of sp³-hybridized carbons (Fsp3) is 0.0612. The summed E-state index contributed by atoms with van der Waals surface area (Å²) in [5.41, 5.74) is 15.3. The van der Waals surface area contributed by atoms with Crippen molar-refractivity contribution in [2.75, 3.05) is 4.90 Å². The molecule has 1 aliphatic rings. The Balaban J connectivity index is 1.09. The normalized spacial score (nSPS) is 13.1. The lowest BCUT2D eigenvalue weighted by atomic mass is 9.82. The molecule has 0 aliphatic heterocycles. The van der Waals surface area contributed by atoms with Crippen molar-refractivity contribution in [2.45, 2.75) is 19.3 Å².